The normalized spacial score (nSPS) is 21.8. The van der Waals surface area contributed by atoms with Gasteiger partial charge >= 0.3 is 6.03 Å². The fraction of sp³-hybridized carbons (Fsp3) is 0.480. The predicted octanol–water partition coefficient (Wildman–Crippen LogP) is 3.76. The Bertz CT molecular complexity index is 955. The Morgan fingerprint density at radius 2 is 2.00 bits per heavy atom. The molecular weight excluding hydrogens is 442 g/mol. The molecule has 2 aliphatic rings. The van der Waals surface area contributed by atoms with E-state index in [1.807, 2.05) is 49.4 Å². The summed E-state index contributed by atoms with van der Waals surface area (Å²) in [6.45, 7) is 4.96. The van der Waals surface area contributed by atoms with E-state index in [4.69, 9.17) is 26.8 Å². The van der Waals surface area contributed by atoms with Crippen LogP contribution >= 0.6 is 11.6 Å². The van der Waals surface area contributed by atoms with Gasteiger partial charge in [0, 0.05) is 36.8 Å². The van der Waals surface area contributed by atoms with Gasteiger partial charge < -0.3 is 25.2 Å². The lowest BCUT2D eigenvalue weighted by Crippen LogP contribution is -2.36. The van der Waals surface area contributed by atoms with Crippen molar-refractivity contribution in [1.29, 1.82) is 0 Å². The molecule has 0 aromatic heterocycles. The molecule has 2 aromatic carbocycles. The molecule has 33 heavy (non-hydrogen) atoms. The number of carbonyl (C=O) groups excluding carboxylic acids is 1. The summed E-state index contributed by atoms with van der Waals surface area (Å²) in [5.74, 6) is 1.51. The quantitative estimate of drug-likeness (QED) is 0.609. The Kier molecular flexibility index (Phi) is 7.63. The second-order valence-electron chi connectivity index (χ2n) is 8.94. The number of nitrogens with two attached hydrogens (primary N) is 1. The van der Waals surface area contributed by atoms with Crippen molar-refractivity contribution in [2.24, 2.45) is 5.73 Å². The van der Waals surface area contributed by atoms with Crippen LogP contribution in [0.4, 0.5) is 4.79 Å². The van der Waals surface area contributed by atoms with Crippen LogP contribution in [0, 0.1) is 6.92 Å². The maximum Gasteiger partial charge on any atom is 0.315 e. The summed E-state index contributed by atoms with van der Waals surface area (Å²) in [4.78, 5) is 15.7. The number of β-amino-alcohol motifs (C(OH)–C–C–N with tert-alkyl or cyclic N) is 1. The average Bonchev–Trinajstić information content (AvgIpc) is 3.44. The van der Waals surface area contributed by atoms with E-state index < -0.39 is 12.1 Å². The minimum Gasteiger partial charge on any atom is -0.490 e. The summed E-state index contributed by atoms with van der Waals surface area (Å²) in [5, 5.41) is 11.3. The van der Waals surface area contributed by atoms with E-state index in [0.29, 0.717) is 23.9 Å². The average molecular weight is 474 g/mol. The molecule has 0 bridgehead atoms. The summed E-state index contributed by atoms with van der Waals surface area (Å²) in [6, 6.07) is 12.9. The van der Waals surface area contributed by atoms with Gasteiger partial charge in [0.15, 0.2) is 0 Å². The highest BCUT2D eigenvalue weighted by molar-refractivity contribution is 6.30. The number of carbonyl (C=O) groups is 1. The number of aliphatic hydroxyl groups excluding tert-OH is 1. The molecule has 0 saturated carbocycles. The smallest absolute Gasteiger partial charge is 0.315 e. The monoisotopic (exact) mass is 473 g/mol. The standard InChI is InChI=1S/C25H32ClN3O4/c1-17-4-9-22(23-3-2-11-29(23)25(27)31)24(13-17)32-16-19(30)14-28-12-10-21(15-28)33-20-7-5-18(26)6-8-20/h4-9,13,19,21,23,30H,2-3,10-12,14-16H2,1H3,(H2,27,31). The number of nitrogens with zero attached hydrogens (tertiary/aromatic N) is 2. The molecule has 2 amide bonds. The molecule has 2 saturated heterocycles. The van der Waals surface area contributed by atoms with E-state index in [1.54, 1.807) is 4.90 Å². The Hall–Kier alpha value is -2.48. The van der Waals surface area contributed by atoms with Crippen LogP contribution in [0.15, 0.2) is 42.5 Å². The van der Waals surface area contributed by atoms with Crippen LogP contribution in [0.1, 0.15) is 36.4 Å². The number of aliphatic hydroxyl groups is 1. The van der Waals surface area contributed by atoms with E-state index in [9.17, 15) is 9.90 Å². The fourth-order valence-electron chi connectivity index (χ4n) is 4.70. The molecular formula is C25H32ClN3O4. The number of ether oxygens (including phenoxy) is 2. The topological polar surface area (TPSA) is 88.3 Å². The zero-order valence-electron chi connectivity index (χ0n) is 19.0. The maximum atomic E-state index is 11.8. The molecule has 0 spiro atoms. The van der Waals surface area contributed by atoms with Crippen LogP contribution in [0.5, 0.6) is 11.5 Å². The molecule has 2 aromatic rings. The Balaban J connectivity index is 1.30. The van der Waals surface area contributed by atoms with Gasteiger partial charge in [0.05, 0.1) is 6.04 Å². The first-order valence-corrected chi connectivity index (χ1v) is 11.9. The largest absolute Gasteiger partial charge is 0.490 e. The lowest BCUT2D eigenvalue weighted by atomic mass is 10.0. The molecule has 3 atom stereocenters. The van der Waals surface area contributed by atoms with Crippen molar-refractivity contribution in [1.82, 2.24) is 9.80 Å². The number of urea groups is 1. The fourth-order valence-corrected chi connectivity index (χ4v) is 4.82. The van der Waals surface area contributed by atoms with Crippen LogP contribution in [-0.4, -0.2) is 65.9 Å². The highest BCUT2D eigenvalue weighted by Crippen LogP contribution is 2.37. The van der Waals surface area contributed by atoms with Crippen molar-refractivity contribution < 1.29 is 19.4 Å². The molecule has 2 heterocycles. The molecule has 3 unspecified atom stereocenters. The van der Waals surface area contributed by atoms with E-state index in [2.05, 4.69) is 4.90 Å². The molecule has 178 valence electrons. The number of primary amides is 1. The first-order valence-electron chi connectivity index (χ1n) is 11.5. The van der Waals surface area contributed by atoms with Gasteiger partial charge in [-0.1, -0.05) is 23.7 Å². The minimum absolute atomic E-state index is 0.0837. The van der Waals surface area contributed by atoms with Crippen molar-refractivity contribution in [2.45, 2.75) is 44.4 Å². The second kappa shape index (κ2) is 10.6. The predicted molar refractivity (Wildman–Crippen MR) is 128 cm³/mol. The van der Waals surface area contributed by atoms with Crippen molar-refractivity contribution >= 4 is 17.6 Å². The molecule has 7 nitrogen and oxygen atoms in total. The first-order chi connectivity index (χ1) is 15.9. The SMILES string of the molecule is Cc1ccc(C2CCCN2C(N)=O)c(OCC(O)CN2CCC(Oc3ccc(Cl)cc3)C2)c1. The highest BCUT2D eigenvalue weighted by atomic mass is 35.5. The zero-order chi connectivity index (χ0) is 23.4. The molecule has 2 fully saturated rings. The van der Waals surface area contributed by atoms with Crippen molar-refractivity contribution in [3.8, 4) is 11.5 Å². The van der Waals surface area contributed by atoms with Crippen LogP contribution in [0.3, 0.4) is 0 Å². The molecule has 0 aliphatic carbocycles. The van der Waals surface area contributed by atoms with Gasteiger partial charge in [0.2, 0.25) is 0 Å². The van der Waals surface area contributed by atoms with Gasteiger partial charge in [0.25, 0.3) is 0 Å². The lowest BCUT2D eigenvalue weighted by Gasteiger charge is -2.26. The number of hydrogen-bond acceptors (Lipinski definition) is 5. The number of hydrogen-bond donors (Lipinski definition) is 2. The highest BCUT2D eigenvalue weighted by Gasteiger charge is 2.31. The summed E-state index contributed by atoms with van der Waals surface area (Å²) in [6.07, 6.45) is 2.13. The third kappa shape index (κ3) is 6.10. The summed E-state index contributed by atoms with van der Waals surface area (Å²) < 4.78 is 12.1. The summed E-state index contributed by atoms with van der Waals surface area (Å²) in [7, 11) is 0. The van der Waals surface area contributed by atoms with E-state index in [0.717, 1.165) is 49.2 Å². The lowest BCUT2D eigenvalue weighted by molar-refractivity contribution is 0.0711. The third-order valence-corrected chi connectivity index (χ3v) is 6.56. The van der Waals surface area contributed by atoms with Crippen molar-refractivity contribution in [3.05, 3.63) is 58.6 Å². The molecule has 4 rings (SSSR count). The van der Waals surface area contributed by atoms with Gasteiger partial charge in [-0.15, -0.1) is 0 Å². The van der Waals surface area contributed by atoms with Crippen molar-refractivity contribution in [3.63, 3.8) is 0 Å². The van der Waals surface area contributed by atoms with Crippen molar-refractivity contribution in [2.75, 3.05) is 32.8 Å². The van der Waals surface area contributed by atoms with Crippen LogP contribution in [0.25, 0.3) is 0 Å². The van der Waals surface area contributed by atoms with Gasteiger partial charge in [-0.25, -0.2) is 4.79 Å². The summed E-state index contributed by atoms with van der Waals surface area (Å²) >= 11 is 5.93. The zero-order valence-corrected chi connectivity index (χ0v) is 19.7. The van der Waals surface area contributed by atoms with Gasteiger partial charge in [-0.2, -0.15) is 0 Å². The number of rotatable bonds is 8. The summed E-state index contributed by atoms with van der Waals surface area (Å²) in [5.41, 5.74) is 7.58. The number of aryl methyl sites for hydroxylation is 1. The second-order valence-corrected chi connectivity index (χ2v) is 9.37. The number of likely N-dealkylation sites (tertiary alicyclic amines) is 2. The van der Waals surface area contributed by atoms with Gasteiger partial charge in [-0.3, -0.25) is 4.90 Å². The molecule has 8 heteroatoms. The van der Waals surface area contributed by atoms with E-state index >= 15 is 0 Å². The Labute approximate surface area is 200 Å². The maximum absolute atomic E-state index is 11.8. The van der Waals surface area contributed by atoms with Gasteiger partial charge in [-0.05, 0) is 62.1 Å². The van der Waals surface area contributed by atoms with E-state index in [-0.39, 0.29) is 18.8 Å². The first kappa shape index (κ1) is 23.7. The van der Waals surface area contributed by atoms with Crippen LogP contribution in [0.2, 0.25) is 5.02 Å². The molecule has 3 N–H and O–H groups in total. The molecule has 2 aliphatic heterocycles. The third-order valence-electron chi connectivity index (χ3n) is 6.31. The number of halogens is 1. The van der Waals surface area contributed by atoms with Gasteiger partial charge in [0.1, 0.15) is 30.3 Å². The Morgan fingerprint density at radius 1 is 1.21 bits per heavy atom. The number of benzene rings is 2. The Morgan fingerprint density at radius 3 is 2.76 bits per heavy atom. The minimum atomic E-state index is -0.636. The van der Waals surface area contributed by atoms with E-state index in [1.165, 1.54) is 0 Å². The molecule has 0 radical (unpaired) electrons. The van der Waals surface area contributed by atoms with Crippen LogP contribution < -0.4 is 15.2 Å². The number of amides is 2. The van der Waals surface area contributed by atoms with Crippen LogP contribution in [-0.2, 0) is 0 Å².